The van der Waals surface area contributed by atoms with Crippen LogP contribution >= 0.6 is 11.6 Å². The van der Waals surface area contributed by atoms with E-state index in [4.69, 9.17) is 16.3 Å². The van der Waals surface area contributed by atoms with Crippen LogP contribution in [0.3, 0.4) is 0 Å². The smallest absolute Gasteiger partial charge is 0.145 e. The van der Waals surface area contributed by atoms with Gasteiger partial charge in [-0.2, -0.15) is 0 Å². The maximum atomic E-state index is 13.1. The number of nitrogens with zero attached hydrogens (tertiary/aromatic N) is 1. The molecule has 1 unspecified atom stereocenters. The third-order valence-electron chi connectivity index (χ3n) is 3.00. The van der Waals surface area contributed by atoms with Gasteiger partial charge < -0.3 is 10.1 Å². The second-order valence-electron chi connectivity index (χ2n) is 4.35. The average molecular weight is 295 g/mol. The van der Waals surface area contributed by atoms with Crippen molar-refractivity contribution in [2.24, 2.45) is 0 Å². The van der Waals surface area contributed by atoms with Crippen molar-refractivity contribution >= 4 is 11.6 Å². The molecular formula is C15H16ClFN2O. The molecule has 1 N–H and O–H groups in total. The summed E-state index contributed by atoms with van der Waals surface area (Å²) >= 11 is 5.71. The van der Waals surface area contributed by atoms with Gasteiger partial charge in [0.1, 0.15) is 17.3 Å². The van der Waals surface area contributed by atoms with Crippen LogP contribution in [-0.4, -0.2) is 12.0 Å². The molecule has 0 saturated carbocycles. The highest BCUT2D eigenvalue weighted by Gasteiger charge is 2.08. The molecule has 0 aliphatic heterocycles. The van der Waals surface area contributed by atoms with E-state index in [0.717, 1.165) is 12.1 Å². The van der Waals surface area contributed by atoms with Gasteiger partial charge in [0.15, 0.2) is 0 Å². The van der Waals surface area contributed by atoms with E-state index in [1.807, 2.05) is 19.2 Å². The SMILES string of the molecule is CCC(NC)c1ccc(Oc2ccc(F)c(Cl)c2)cn1. The van der Waals surface area contributed by atoms with Crippen LogP contribution in [0, 0.1) is 5.82 Å². The molecule has 0 aliphatic carbocycles. The number of nitrogens with one attached hydrogen (secondary N) is 1. The van der Waals surface area contributed by atoms with E-state index in [1.165, 1.54) is 18.2 Å². The average Bonchev–Trinajstić information content (AvgIpc) is 2.46. The van der Waals surface area contributed by atoms with Crippen LogP contribution in [0.1, 0.15) is 25.1 Å². The number of pyridine rings is 1. The monoisotopic (exact) mass is 294 g/mol. The molecule has 0 spiro atoms. The Morgan fingerprint density at radius 3 is 2.60 bits per heavy atom. The lowest BCUT2D eigenvalue weighted by Gasteiger charge is -2.13. The molecule has 5 heteroatoms. The van der Waals surface area contributed by atoms with Crippen LogP contribution in [0.5, 0.6) is 11.5 Å². The van der Waals surface area contributed by atoms with Crippen LogP contribution in [0.25, 0.3) is 0 Å². The van der Waals surface area contributed by atoms with Gasteiger partial charge >= 0.3 is 0 Å². The van der Waals surface area contributed by atoms with E-state index >= 15 is 0 Å². The largest absolute Gasteiger partial charge is 0.456 e. The van der Waals surface area contributed by atoms with Crippen LogP contribution in [0.2, 0.25) is 5.02 Å². The van der Waals surface area contributed by atoms with Crippen molar-refractivity contribution in [2.45, 2.75) is 19.4 Å². The highest BCUT2D eigenvalue weighted by atomic mass is 35.5. The number of hydrogen-bond acceptors (Lipinski definition) is 3. The minimum absolute atomic E-state index is 0.0355. The summed E-state index contributed by atoms with van der Waals surface area (Å²) in [5.74, 6) is 0.598. The van der Waals surface area contributed by atoms with Crippen LogP contribution in [-0.2, 0) is 0 Å². The summed E-state index contributed by atoms with van der Waals surface area (Å²) in [5, 5.41) is 3.22. The van der Waals surface area contributed by atoms with Crippen LogP contribution in [0.4, 0.5) is 4.39 Å². The fourth-order valence-electron chi connectivity index (χ4n) is 1.90. The molecule has 2 aromatic rings. The quantitative estimate of drug-likeness (QED) is 0.891. The molecule has 1 atom stereocenters. The molecular weight excluding hydrogens is 279 g/mol. The summed E-state index contributed by atoms with van der Waals surface area (Å²) in [6.45, 7) is 2.09. The summed E-state index contributed by atoms with van der Waals surface area (Å²) in [4.78, 5) is 4.36. The zero-order valence-electron chi connectivity index (χ0n) is 11.4. The molecule has 1 heterocycles. The second kappa shape index (κ2) is 6.68. The molecule has 3 nitrogen and oxygen atoms in total. The Morgan fingerprint density at radius 2 is 2.05 bits per heavy atom. The number of ether oxygens (including phenoxy) is 1. The van der Waals surface area contributed by atoms with Crippen molar-refractivity contribution in [3.05, 3.63) is 53.1 Å². The molecule has 0 fully saturated rings. The lowest BCUT2D eigenvalue weighted by molar-refractivity contribution is 0.475. The predicted molar refractivity (Wildman–Crippen MR) is 77.8 cm³/mol. The first kappa shape index (κ1) is 14.8. The Morgan fingerprint density at radius 1 is 1.30 bits per heavy atom. The normalized spacial score (nSPS) is 12.2. The molecule has 0 saturated heterocycles. The number of rotatable bonds is 5. The lowest BCUT2D eigenvalue weighted by Crippen LogP contribution is -2.16. The third-order valence-corrected chi connectivity index (χ3v) is 3.29. The van der Waals surface area contributed by atoms with Gasteiger partial charge in [-0.25, -0.2) is 4.39 Å². The highest BCUT2D eigenvalue weighted by Crippen LogP contribution is 2.26. The number of halogens is 2. The second-order valence-corrected chi connectivity index (χ2v) is 4.75. The first-order chi connectivity index (χ1) is 9.63. The number of aromatic nitrogens is 1. The molecule has 0 amide bonds. The van der Waals surface area contributed by atoms with E-state index < -0.39 is 5.82 Å². The van der Waals surface area contributed by atoms with Gasteiger partial charge in [0, 0.05) is 12.1 Å². The van der Waals surface area contributed by atoms with E-state index in [9.17, 15) is 4.39 Å². The maximum Gasteiger partial charge on any atom is 0.145 e. The summed E-state index contributed by atoms with van der Waals surface area (Å²) < 4.78 is 18.6. The summed E-state index contributed by atoms with van der Waals surface area (Å²) in [5.41, 5.74) is 0.958. The van der Waals surface area contributed by atoms with E-state index in [-0.39, 0.29) is 11.1 Å². The van der Waals surface area contributed by atoms with Gasteiger partial charge in [0.2, 0.25) is 0 Å². The van der Waals surface area contributed by atoms with E-state index in [2.05, 4.69) is 17.2 Å². The Hall–Kier alpha value is -1.65. The Balaban J connectivity index is 2.12. The molecule has 20 heavy (non-hydrogen) atoms. The van der Waals surface area contributed by atoms with Gasteiger partial charge in [0.25, 0.3) is 0 Å². The molecule has 2 rings (SSSR count). The first-order valence-corrected chi connectivity index (χ1v) is 6.78. The molecule has 0 bridgehead atoms. The Bertz CT molecular complexity index is 571. The van der Waals surface area contributed by atoms with Crippen molar-refractivity contribution in [2.75, 3.05) is 7.05 Å². The number of hydrogen-bond donors (Lipinski definition) is 1. The van der Waals surface area contributed by atoms with Crippen molar-refractivity contribution in [3.63, 3.8) is 0 Å². The summed E-state index contributed by atoms with van der Waals surface area (Å²) in [7, 11) is 1.90. The molecule has 0 aliphatic rings. The zero-order valence-corrected chi connectivity index (χ0v) is 12.1. The minimum atomic E-state index is -0.465. The van der Waals surface area contributed by atoms with Crippen molar-refractivity contribution in [1.82, 2.24) is 10.3 Å². The fourth-order valence-corrected chi connectivity index (χ4v) is 2.07. The van der Waals surface area contributed by atoms with Gasteiger partial charge in [-0.05, 0) is 37.7 Å². The molecule has 106 valence electrons. The van der Waals surface area contributed by atoms with Crippen LogP contribution < -0.4 is 10.1 Å². The van der Waals surface area contributed by atoms with Gasteiger partial charge in [-0.15, -0.1) is 0 Å². The Kier molecular flexibility index (Phi) is 4.93. The zero-order chi connectivity index (χ0) is 14.5. The Labute approximate surface area is 122 Å². The van der Waals surface area contributed by atoms with Crippen molar-refractivity contribution in [3.8, 4) is 11.5 Å². The van der Waals surface area contributed by atoms with Gasteiger partial charge in [0.05, 0.1) is 16.9 Å². The highest BCUT2D eigenvalue weighted by molar-refractivity contribution is 6.30. The maximum absolute atomic E-state index is 13.1. The third kappa shape index (κ3) is 3.46. The minimum Gasteiger partial charge on any atom is -0.456 e. The first-order valence-electron chi connectivity index (χ1n) is 6.40. The van der Waals surface area contributed by atoms with Crippen molar-refractivity contribution < 1.29 is 9.13 Å². The molecule has 1 aromatic heterocycles. The predicted octanol–water partition coefficient (Wildman–Crippen LogP) is 4.34. The summed E-state index contributed by atoms with van der Waals surface area (Å²) in [6, 6.07) is 8.20. The van der Waals surface area contributed by atoms with E-state index in [1.54, 1.807) is 6.20 Å². The fraction of sp³-hybridized carbons (Fsp3) is 0.267. The number of benzene rings is 1. The molecule has 1 aromatic carbocycles. The van der Waals surface area contributed by atoms with Gasteiger partial charge in [-0.3, -0.25) is 4.98 Å². The van der Waals surface area contributed by atoms with Gasteiger partial charge in [-0.1, -0.05) is 18.5 Å². The lowest BCUT2D eigenvalue weighted by atomic mass is 10.1. The standard InChI is InChI=1S/C15H16ClFN2O/c1-3-14(18-2)15-7-5-11(9-19-15)20-10-4-6-13(17)12(16)8-10/h4-9,14,18H,3H2,1-2H3. The van der Waals surface area contributed by atoms with Crippen molar-refractivity contribution in [1.29, 1.82) is 0 Å². The van der Waals surface area contributed by atoms with E-state index in [0.29, 0.717) is 11.5 Å². The van der Waals surface area contributed by atoms with Crippen LogP contribution in [0.15, 0.2) is 36.5 Å². The molecule has 0 radical (unpaired) electrons. The summed E-state index contributed by atoms with van der Waals surface area (Å²) in [6.07, 6.45) is 2.60. The topological polar surface area (TPSA) is 34.1 Å².